The molecule has 0 rings (SSSR count). The van der Waals surface area contributed by atoms with E-state index in [-0.39, 0.29) is 5.97 Å². The zero-order valence-corrected chi connectivity index (χ0v) is 30.3. The van der Waals surface area contributed by atoms with Crippen LogP contribution < -0.4 is 0 Å². The third-order valence-electron chi connectivity index (χ3n) is 9.79. The Balaban J connectivity index is 3.12. The van der Waals surface area contributed by atoms with E-state index < -0.39 is 0 Å². The number of esters is 1. The molecule has 0 saturated carbocycles. The van der Waals surface area contributed by atoms with Crippen LogP contribution in [0.3, 0.4) is 0 Å². The molecular formula is C41H82O2. The van der Waals surface area contributed by atoms with Gasteiger partial charge in [-0.15, -0.1) is 0 Å². The molecule has 0 amide bonds. The lowest BCUT2D eigenvalue weighted by molar-refractivity contribution is -0.143. The maximum Gasteiger partial charge on any atom is 0.305 e. The van der Waals surface area contributed by atoms with E-state index in [0.717, 1.165) is 18.8 Å². The van der Waals surface area contributed by atoms with Crippen molar-refractivity contribution in [1.29, 1.82) is 0 Å². The molecule has 43 heavy (non-hydrogen) atoms. The van der Waals surface area contributed by atoms with Gasteiger partial charge in [0.15, 0.2) is 0 Å². The van der Waals surface area contributed by atoms with Crippen LogP contribution >= 0.6 is 0 Å². The Morgan fingerprint density at radius 2 is 0.721 bits per heavy atom. The standard InChI is InChI=1S/C41H82O2/c1-4-6-7-8-9-25-29-32-35-38-41(42)43-39-36-33-30-27-24-22-20-18-16-14-12-10-11-13-15-17-19-21-23-26-28-31-34-37-40(3)5-2/h40H,4-39H2,1-3H3. The molecule has 0 spiro atoms. The summed E-state index contributed by atoms with van der Waals surface area (Å²) in [6.07, 6.45) is 47.6. The molecule has 0 fully saturated rings. The molecular weight excluding hydrogens is 524 g/mol. The van der Waals surface area contributed by atoms with Gasteiger partial charge in [-0.2, -0.15) is 0 Å². The highest BCUT2D eigenvalue weighted by molar-refractivity contribution is 5.69. The van der Waals surface area contributed by atoms with E-state index in [0.29, 0.717) is 13.0 Å². The maximum absolute atomic E-state index is 11.9. The van der Waals surface area contributed by atoms with Crippen LogP contribution in [0.5, 0.6) is 0 Å². The third-order valence-corrected chi connectivity index (χ3v) is 9.79. The highest BCUT2D eigenvalue weighted by Gasteiger charge is 2.03. The lowest BCUT2D eigenvalue weighted by Gasteiger charge is -2.07. The summed E-state index contributed by atoms with van der Waals surface area (Å²) in [6.45, 7) is 7.62. The Kier molecular flexibility index (Phi) is 37.2. The van der Waals surface area contributed by atoms with E-state index in [1.807, 2.05) is 0 Å². The van der Waals surface area contributed by atoms with Crippen molar-refractivity contribution in [3.63, 3.8) is 0 Å². The predicted octanol–water partition coefficient (Wildman–Crippen LogP) is 14.9. The van der Waals surface area contributed by atoms with Crippen LogP contribution in [-0.4, -0.2) is 12.6 Å². The average Bonchev–Trinajstić information content (AvgIpc) is 3.01. The Morgan fingerprint density at radius 3 is 1.07 bits per heavy atom. The second-order valence-electron chi connectivity index (χ2n) is 14.2. The van der Waals surface area contributed by atoms with Crippen molar-refractivity contribution in [3.05, 3.63) is 0 Å². The van der Waals surface area contributed by atoms with Crippen molar-refractivity contribution >= 4 is 5.97 Å². The summed E-state index contributed by atoms with van der Waals surface area (Å²) < 4.78 is 5.43. The molecule has 1 unspecified atom stereocenters. The fraction of sp³-hybridized carbons (Fsp3) is 0.976. The number of rotatable bonds is 37. The summed E-state index contributed by atoms with van der Waals surface area (Å²) in [7, 11) is 0. The molecule has 258 valence electrons. The van der Waals surface area contributed by atoms with Gasteiger partial charge in [0.25, 0.3) is 0 Å². The Labute approximate surface area is 273 Å². The molecule has 0 aromatic heterocycles. The van der Waals surface area contributed by atoms with Gasteiger partial charge in [0, 0.05) is 6.42 Å². The van der Waals surface area contributed by atoms with Gasteiger partial charge in [-0.1, -0.05) is 226 Å². The van der Waals surface area contributed by atoms with Crippen LogP contribution in [0.15, 0.2) is 0 Å². The topological polar surface area (TPSA) is 26.3 Å². The number of ether oxygens (including phenoxy) is 1. The van der Waals surface area contributed by atoms with E-state index >= 15 is 0 Å². The fourth-order valence-corrected chi connectivity index (χ4v) is 6.35. The van der Waals surface area contributed by atoms with Crippen LogP contribution in [-0.2, 0) is 9.53 Å². The summed E-state index contributed by atoms with van der Waals surface area (Å²) in [5.74, 6) is 0.963. The van der Waals surface area contributed by atoms with E-state index in [2.05, 4.69) is 20.8 Å². The molecule has 0 N–H and O–H groups in total. The zero-order chi connectivity index (χ0) is 31.3. The van der Waals surface area contributed by atoms with E-state index in [1.54, 1.807) is 0 Å². The second kappa shape index (κ2) is 37.7. The Morgan fingerprint density at radius 1 is 0.419 bits per heavy atom. The number of unbranched alkanes of at least 4 members (excludes halogenated alkanes) is 30. The fourth-order valence-electron chi connectivity index (χ4n) is 6.35. The molecule has 0 aliphatic carbocycles. The van der Waals surface area contributed by atoms with Gasteiger partial charge in [-0.05, 0) is 18.8 Å². The lowest BCUT2D eigenvalue weighted by Crippen LogP contribution is -2.05. The number of hydrogen-bond donors (Lipinski definition) is 0. The van der Waals surface area contributed by atoms with Gasteiger partial charge < -0.3 is 4.74 Å². The van der Waals surface area contributed by atoms with E-state index in [1.165, 1.54) is 205 Å². The number of carbonyl (C=O) groups is 1. The van der Waals surface area contributed by atoms with Gasteiger partial charge >= 0.3 is 5.97 Å². The maximum atomic E-state index is 11.9. The molecule has 1 atom stereocenters. The molecule has 0 aliphatic rings. The van der Waals surface area contributed by atoms with Crippen LogP contribution in [0.2, 0.25) is 0 Å². The van der Waals surface area contributed by atoms with E-state index in [4.69, 9.17) is 4.74 Å². The monoisotopic (exact) mass is 607 g/mol. The first-order valence-electron chi connectivity index (χ1n) is 20.4. The molecule has 0 aliphatic heterocycles. The highest BCUT2D eigenvalue weighted by Crippen LogP contribution is 2.17. The molecule has 2 nitrogen and oxygen atoms in total. The highest BCUT2D eigenvalue weighted by atomic mass is 16.5. The van der Waals surface area contributed by atoms with Crippen molar-refractivity contribution in [2.24, 2.45) is 5.92 Å². The first kappa shape index (κ1) is 42.5. The predicted molar refractivity (Wildman–Crippen MR) is 193 cm³/mol. The van der Waals surface area contributed by atoms with Crippen molar-refractivity contribution in [3.8, 4) is 0 Å². The molecule has 0 aromatic carbocycles. The normalized spacial score (nSPS) is 12.2. The zero-order valence-electron chi connectivity index (χ0n) is 30.3. The number of carbonyl (C=O) groups excluding carboxylic acids is 1. The minimum absolute atomic E-state index is 0.0253. The van der Waals surface area contributed by atoms with Gasteiger partial charge in [0.2, 0.25) is 0 Å². The summed E-state index contributed by atoms with van der Waals surface area (Å²) in [6, 6.07) is 0. The summed E-state index contributed by atoms with van der Waals surface area (Å²) in [4.78, 5) is 11.9. The van der Waals surface area contributed by atoms with Crippen LogP contribution in [0.25, 0.3) is 0 Å². The lowest BCUT2D eigenvalue weighted by atomic mass is 9.99. The Bertz CT molecular complexity index is 516. The molecule has 2 heteroatoms. The summed E-state index contributed by atoms with van der Waals surface area (Å²) >= 11 is 0. The van der Waals surface area contributed by atoms with Gasteiger partial charge in [0.05, 0.1) is 6.61 Å². The van der Waals surface area contributed by atoms with Gasteiger partial charge in [-0.3, -0.25) is 4.79 Å². The van der Waals surface area contributed by atoms with Crippen molar-refractivity contribution in [2.45, 2.75) is 245 Å². The smallest absolute Gasteiger partial charge is 0.305 e. The van der Waals surface area contributed by atoms with Crippen molar-refractivity contribution in [2.75, 3.05) is 6.61 Å². The first-order valence-corrected chi connectivity index (χ1v) is 20.4. The van der Waals surface area contributed by atoms with Gasteiger partial charge in [-0.25, -0.2) is 0 Å². The second-order valence-corrected chi connectivity index (χ2v) is 14.2. The quantitative estimate of drug-likeness (QED) is 0.0519. The third kappa shape index (κ3) is 37.6. The van der Waals surface area contributed by atoms with Crippen molar-refractivity contribution in [1.82, 2.24) is 0 Å². The number of hydrogen-bond acceptors (Lipinski definition) is 2. The van der Waals surface area contributed by atoms with E-state index in [9.17, 15) is 4.79 Å². The minimum Gasteiger partial charge on any atom is -0.466 e. The molecule has 0 saturated heterocycles. The van der Waals surface area contributed by atoms with Crippen LogP contribution in [0, 0.1) is 5.92 Å². The molecule has 0 radical (unpaired) electrons. The largest absolute Gasteiger partial charge is 0.466 e. The SMILES string of the molecule is CCCCCCCCCCCC(=O)OCCCCCCCCCCCCCCCCCCCCCCCCCC(C)CC. The van der Waals surface area contributed by atoms with Crippen molar-refractivity contribution < 1.29 is 9.53 Å². The Hall–Kier alpha value is -0.530. The summed E-state index contributed by atoms with van der Waals surface area (Å²) in [5.41, 5.74) is 0. The van der Waals surface area contributed by atoms with Gasteiger partial charge in [0.1, 0.15) is 0 Å². The first-order chi connectivity index (χ1) is 21.2. The molecule has 0 bridgehead atoms. The van der Waals surface area contributed by atoms with Crippen LogP contribution in [0.4, 0.5) is 0 Å². The molecule has 0 heterocycles. The van der Waals surface area contributed by atoms with Crippen LogP contribution in [0.1, 0.15) is 245 Å². The molecule has 0 aromatic rings. The summed E-state index contributed by atoms with van der Waals surface area (Å²) in [5, 5.41) is 0. The minimum atomic E-state index is 0.0253. The average molecular weight is 607 g/mol.